The molecule has 0 saturated heterocycles. The monoisotopic (exact) mass is 289 g/mol. The second-order valence-corrected chi connectivity index (χ2v) is 3.99. The van der Waals surface area contributed by atoms with E-state index in [9.17, 15) is 9.59 Å². The van der Waals surface area contributed by atoms with Crippen LogP contribution in [0.2, 0.25) is 0 Å². The Hall–Kier alpha value is -2.70. The summed E-state index contributed by atoms with van der Waals surface area (Å²) in [6.45, 7) is 3.99. The van der Waals surface area contributed by atoms with Crippen molar-refractivity contribution in [1.82, 2.24) is 14.8 Å². The Morgan fingerprint density at radius 2 is 1.90 bits per heavy atom. The number of hydrogen-bond acceptors (Lipinski definition) is 6. The molecule has 2 aromatic heterocycles. The van der Waals surface area contributed by atoms with Crippen molar-refractivity contribution in [3.05, 3.63) is 41.9 Å². The first-order chi connectivity index (χ1) is 10.2. The lowest BCUT2D eigenvalue weighted by Gasteiger charge is -2.07. The molecule has 0 aromatic carbocycles. The summed E-state index contributed by atoms with van der Waals surface area (Å²) in [5.74, 6) is -0.669. The van der Waals surface area contributed by atoms with Gasteiger partial charge >= 0.3 is 11.9 Å². The number of esters is 2. The Labute approximate surface area is 121 Å². The van der Waals surface area contributed by atoms with Gasteiger partial charge in [0.15, 0.2) is 5.82 Å². The zero-order valence-corrected chi connectivity index (χ0v) is 11.8. The number of aromatic nitrogens is 3. The molecule has 0 bridgehead atoms. The van der Waals surface area contributed by atoms with E-state index in [4.69, 9.17) is 9.47 Å². The van der Waals surface area contributed by atoms with Crippen molar-refractivity contribution in [2.24, 2.45) is 0 Å². The summed E-state index contributed by atoms with van der Waals surface area (Å²) in [6, 6.07) is 3.22. The zero-order valence-electron chi connectivity index (χ0n) is 11.8. The molecule has 0 spiro atoms. The second-order valence-electron chi connectivity index (χ2n) is 3.99. The van der Waals surface area contributed by atoms with Gasteiger partial charge in [0.05, 0.1) is 25.0 Å². The first kappa shape index (κ1) is 14.7. The first-order valence-electron chi connectivity index (χ1n) is 6.51. The van der Waals surface area contributed by atoms with Gasteiger partial charge in [0.2, 0.25) is 0 Å². The van der Waals surface area contributed by atoms with Crippen LogP contribution in [0.5, 0.6) is 0 Å². The van der Waals surface area contributed by atoms with Gasteiger partial charge in [-0.2, -0.15) is 5.10 Å². The van der Waals surface area contributed by atoms with Crippen LogP contribution in [-0.2, 0) is 9.47 Å². The third-order valence-corrected chi connectivity index (χ3v) is 2.59. The molecule has 2 rings (SSSR count). The Bertz CT molecular complexity index is 651. The third-order valence-electron chi connectivity index (χ3n) is 2.59. The maximum absolute atomic E-state index is 11.9. The Balaban J connectivity index is 2.34. The summed E-state index contributed by atoms with van der Waals surface area (Å²) in [6.07, 6.45) is 4.36. The van der Waals surface area contributed by atoms with E-state index < -0.39 is 11.9 Å². The van der Waals surface area contributed by atoms with Gasteiger partial charge in [-0.1, -0.05) is 0 Å². The predicted molar refractivity (Wildman–Crippen MR) is 73.3 cm³/mol. The van der Waals surface area contributed by atoms with Crippen LogP contribution in [0.15, 0.2) is 30.7 Å². The molecule has 0 aliphatic heterocycles. The van der Waals surface area contributed by atoms with Crippen LogP contribution in [0.1, 0.15) is 34.6 Å². The van der Waals surface area contributed by atoms with Gasteiger partial charge in [0, 0.05) is 12.4 Å². The fraction of sp³-hybridized carbons (Fsp3) is 0.286. The molecule has 2 aromatic rings. The summed E-state index contributed by atoms with van der Waals surface area (Å²) < 4.78 is 11.2. The smallest absolute Gasteiger partial charge is 0.341 e. The summed E-state index contributed by atoms with van der Waals surface area (Å²) >= 11 is 0. The number of nitrogens with zero attached hydrogens (tertiary/aromatic N) is 3. The summed E-state index contributed by atoms with van der Waals surface area (Å²) in [4.78, 5) is 27.6. The van der Waals surface area contributed by atoms with Gasteiger partial charge in [-0.25, -0.2) is 19.3 Å². The summed E-state index contributed by atoms with van der Waals surface area (Å²) in [5.41, 5.74) is 0.565. The van der Waals surface area contributed by atoms with Crippen molar-refractivity contribution in [2.45, 2.75) is 13.8 Å². The molecule has 0 radical (unpaired) electrons. The third kappa shape index (κ3) is 3.25. The standard InChI is InChI=1S/C14H15N3O4/c1-3-20-13(18)10-8-16-17(9-10)12-11(6-5-7-15-12)14(19)21-4-2/h5-9H,3-4H2,1-2H3. The van der Waals surface area contributed by atoms with Crippen molar-refractivity contribution in [3.8, 4) is 5.82 Å². The van der Waals surface area contributed by atoms with Crippen LogP contribution in [-0.4, -0.2) is 39.9 Å². The molecular weight excluding hydrogens is 274 g/mol. The number of hydrogen-bond donors (Lipinski definition) is 0. The van der Waals surface area contributed by atoms with E-state index in [1.807, 2.05) is 0 Å². The average Bonchev–Trinajstić information content (AvgIpc) is 2.97. The minimum atomic E-state index is -0.492. The van der Waals surface area contributed by atoms with Gasteiger partial charge in [-0.15, -0.1) is 0 Å². The van der Waals surface area contributed by atoms with E-state index in [1.54, 1.807) is 26.0 Å². The van der Waals surface area contributed by atoms with Crippen molar-refractivity contribution in [2.75, 3.05) is 13.2 Å². The second kappa shape index (κ2) is 6.65. The minimum absolute atomic E-state index is 0.264. The van der Waals surface area contributed by atoms with Gasteiger partial charge in [0.25, 0.3) is 0 Å². The largest absolute Gasteiger partial charge is 0.462 e. The lowest BCUT2D eigenvalue weighted by molar-refractivity contribution is 0.0517. The topological polar surface area (TPSA) is 83.3 Å². The normalized spacial score (nSPS) is 10.2. The zero-order chi connectivity index (χ0) is 15.2. The van der Waals surface area contributed by atoms with E-state index in [-0.39, 0.29) is 24.3 Å². The highest BCUT2D eigenvalue weighted by atomic mass is 16.5. The van der Waals surface area contributed by atoms with E-state index in [0.29, 0.717) is 5.82 Å². The Morgan fingerprint density at radius 3 is 2.62 bits per heavy atom. The van der Waals surface area contributed by atoms with E-state index in [1.165, 1.54) is 23.3 Å². The SMILES string of the molecule is CCOC(=O)c1cnn(-c2ncccc2C(=O)OCC)c1. The maximum atomic E-state index is 11.9. The number of ether oxygens (including phenoxy) is 2. The summed E-state index contributed by atoms with van der Waals surface area (Å²) in [5, 5.41) is 4.04. The van der Waals surface area contributed by atoms with Crippen LogP contribution in [0.3, 0.4) is 0 Å². The van der Waals surface area contributed by atoms with Crippen LogP contribution in [0.25, 0.3) is 5.82 Å². The van der Waals surface area contributed by atoms with Crippen LogP contribution in [0.4, 0.5) is 0 Å². The van der Waals surface area contributed by atoms with Gasteiger partial charge in [-0.05, 0) is 26.0 Å². The lowest BCUT2D eigenvalue weighted by Crippen LogP contribution is -2.11. The lowest BCUT2D eigenvalue weighted by atomic mass is 10.2. The van der Waals surface area contributed by atoms with Gasteiger partial charge in [-0.3, -0.25) is 0 Å². The fourth-order valence-corrected chi connectivity index (χ4v) is 1.71. The molecule has 0 N–H and O–H groups in total. The molecule has 21 heavy (non-hydrogen) atoms. The highest BCUT2D eigenvalue weighted by Gasteiger charge is 2.17. The highest BCUT2D eigenvalue weighted by molar-refractivity contribution is 5.93. The molecule has 0 amide bonds. The maximum Gasteiger partial charge on any atom is 0.341 e. The molecule has 0 atom stereocenters. The molecule has 7 heteroatoms. The van der Waals surface area contributed by atoms with Gasteiger partial charge in [0.1, 0.15) is 5.56 Å². The van der Waals surface area contributed by atoms with Crippen molar-refractivity contribution < 1.29 is 19.1 Å². The predicted octanol–water partition coefficient (Wildman–Crippen LogP) is 1.62. The van der Waals surface area contributed by atoms with E-state index in [2.05, 4.69) is 10.1 Å². The van der Waals surface area contributed by atoms with Crippen LogP contribution < -0.4 is 0 Å². The van der Waals surface area contributed by atoms with E-state index in [0.717, 1.165) is 0 Å². The minimum Gasteiger partial charge on any atom is -0.462 e. The Morgan fingerprint density at radius 1 is 1.19 bits per heavy atom. The average molecular weight is 289 g/mol. The quantitative estimate of drug-likeness (QED) is 0.778. The molecule has 110 valence electrons. The van der Waals surface area contributed by atoms with Crippen LogP contribution in [0, 0.1) is 0 Å². The fourth-order valence-electron chi connectivity index (χ4n) is 1.71. The molecule has 0 fully saturated rings. The highest BCUT2D eigenvalue weighted by Crippen LogP contribution is 2.13. The van der Waals surface area contributed by atoms with Crippen molar-refractivity contribution >= 4 is 11.9 Å². The summed E-state index contributed by atoms with van der Waals surface area (Å²) in [7, 11) is 0. The van der Waals surface area contributed by atoms with Crippen molar-refractivity contribution in [1.29, 1.82) is 0 Å². The molecule has 0 aliphatic carbocycles. The molecular formula is C14H15N3O4. The van der Waals surface area contributed by atoms with E-state index >= 15 is 0 Å². The number of pyridine rings is 1. The molecule has 0 saturated carbocycles. The molecule has 0 aliphatic rings. The Kier molecular flexibility index (Phi) is 4.65. The number of carbonyl (C=O) groups is 2. The first-order valence-corrected chi connectivity index (χ1v) is 6.51. The molecule has 7 nitrogen and oxygen atoms in total. The number of rotatable bonds is 5. The van der Waals surface area contributed by atoms with Gasteiger partial charge < -0.3 is 9.47 Å². The molecule has 0 unspecified atom stereocenters. The molecule has 2 heterocycles. The van der Waals surface area contributed by atoms with Crippen LogP contribution >= 0.6 is 0 Å². The number of carbonyl (C=O) groups excluding carboxylic acids is 2. The van der Waals surface area contributed by atoms with Crippen molar-refractivity contribution in [3.63, 3.8) is 0 Å².